The molecule has 2 aromatic rings. The van der Waals surface area contributed by atoms with Crippen LogP contribution in [-0.2, 0) is 13.0 Å². The van der Waals surface area contributed by atoms with Crippen LogP contribution in [0.1, 0.15) is 47.8 Å². The number of nitrogens with one attached hydrogen (secondary N) is 1. The van der Waals surface area contributed by atoms with Gasteiger partial charge in [-0.15, -0.1) is 0 Å². The van der Waals surface area contributed by atoms with E-state index in [0.717, 1.165) is 62.2 Å². The monoisotopic (exact) mass is 421 g/mol. The van der Waals surface area contributed by atoms with Crippen molar-refractivity contribution in [3.63, 3.8) is 0 Å². The summed E-state index contributed by atoms with van der Waals surface area (Å²) in [4.78, 5) is 33.2. The van der Waals surface area contributed by atoms with Crippen LogP contribution >= 0.6 is 0 Å². The average Bonchev–Trinajstić information content (AvgIpc) is 2.83. The van der Waals surface area contributed by atoms with E-state index < -0.39 is 0 Å². The molecule has 1 amide bonds. The quantitative estimate of drug-likeness (QED) is 0.810. The minimum atomic E-state index is -0.118. The molecule has 3 aliphatic rings. The highest BCUT2D eigenvalue weighted by atomic mass is 16.1. The van der Waals surface area contributed by atoms with Crippen molar-refractivity contribution in [1.29, 1.82) is 0 Å². The van der Waals surface area contributed by atoms with Crippen molar-refractivity contribution in [2.24, 2.45) is 0 Å². The van der Waals surface area contributed by atoms with Crippen molar-refractivity contribution in [3.05, 3.63) is 41.3 Å². The molecule has 164 valence electrons. The number of fused-ring (bicyclic) bond motifs is 2. The number of rotatable bonds is 3. The number of amides is 1. The van der Waals surface area contributed by atoms with Crippen LogP contribution in [0.3, 0.4) is 0 Å². The smallest absolute Gasteiger partial charge is 0.252 e. The summed E-state index contributed by atoms with van der Waals surface area (Å²) in [5.41, 5.74) is 2.89. The number of piperazine rings is 1. The second kappa shape index (κ2) is 8.42. The van der Waals surface area contributed by atoms with Crippen LogP contribution in [0.4, 0.5) is 11.8 Å². The van der Waals surface area contributed by atoms with Gasteiger partial charge < -0.3 is 15.1 Å². The van der Waals surface area contributed by atoms with E-state index in [1.54, 1.807) is 13.2 Å². The van der Waals surface area contributed by atoms with Gasteiger partial charge in [-0.1, -0.05) is 6.42 Å². The maximum atomic E-state index is 11.7. The Labute approximate surface area is 183 Å². The van der Waals surface area contributed by atoms with Crippen molar-refractivity contribution >= 4 is 17.7 Å². The lowest BCUT2D eigenvalue weighted by Gasteiger charge is -2.47. The molecule has 0 aromatic carbocycles. The Morgan fingerprint density at radius 3 is 2.81 bits per heavy atom. The number of hydrogen-bond acceptors (Lipinski definition) is 7. The third-order valence-electron chi connectivity index (χ3n) is 7.02. The highest BCUT2D eigenvalue weighted by molar-refractivity contribution is 5.93. The molecule has 0 saturated carbocycles. The highest BCUT2D eigenvalue weighted by Gasteiger charge is 2.34. The molecule has 2 fully saturated rings. The molecule has 1 N–H and O–H groups in total. The second-order valence-corrected chi connectivity index (χ2v) is 8.92. The van der Waals surface area contributed by atoms with E-state index in [9.17, 15) is 4.79 Å². The molecular weight excluding hydrogens is 390 g/mol. The first kappa shape index (κ1) is 20.2. The summed E-state index contributed by atoms with van der Waals surface area (Å²) >= 11 is 0. The van der Waals surface area contributed by atoms with Gasteiger partial charge in [0.1, 0.15) is 5.82 Å². The molecule has 2 unspecified atom stereocenters. The van der Waals surface area contributed by atoms with Gasteiger partial charge in [0.15, 0.2) is 0 Å². The van der Waals surface area contributed by atoms with Gasteiger partial charge in [0.2, 0.25) is 5.95 Å². The zero-order valence-electron chi connectivity index (χ0n) is 18.4. The lowest BCUT2D eigenvalue weighted by molar-refractivity contribution is 0.0813. The largest absolute Gasteiger partial charge is 0.355 e. The molecule has 0 bridgehead atoms. The molecule has 31 heavy (non-hydrogen) atoms. The second-order valence-electron chi connectivity index (χ2n) is 8.92. The maximum absolute atomic E-state index is 11.7. The number of carbonyl (C=O) groups excluding carboxylic acids is 1. The van der Waals surface area contributed by atoms with Crippen molar-refractivity contribution < 1.29 is 4.79 Å². The Morgan fingerprint density at radius 1 is 1.10 bits per heavy atom. The zero-order valence-corrected chi connectivity index (χ0v) is 18.4. The van der Waals surface area contributed by atoms with Crippen LogP contribution < -0.4 is 15.1 Å². The number of hydrogen-bond donors (Lipinski definition) is 1. The topological polar surface area (TPSA) is 77.5 Å². The minimum Gasteiger partial charge on any atom is -0.355 e. The lowest BCUT2D eigenvalue weighted by Crippen LogP contribution is -2.58. The summed E-state index contributed by atoms with van der Waals surface area (Å²) in [5.74, 6) is 1.65. The Hall–Kier alpha value is -2.74. The summed E-state index contributed by atoms with van der Waals surface area (Å²) in [6.45, 7) is 7.13. The number of aromatic nitrogens is 3. The van der Waals surface area contributed by atoms with Crippen LogP contribution in [-0.4, -0.2) is 71.1 Å². The lowest BCUT2D eigenvalue weighted by atomic mass is 9.94. The van der Waals surface area contributed by atoms with E-state index in [4.69, 9.17) is 9.97 Å². The molecule has 0 aliphatic carbocycles. The average molecular weight is 422 g/mol. The van der Waals surface area contributed by atoms with Crippen LogP contribution in [0.5, 0.6) is 0 Å². The maximum Gasteiger partial charge on any atom is 0.252 e. The van der Waals surface area contributed by atoms with E-state index in [-0.39, 0.29) is 5.91 Å². The van der Waals surface area contributed by atoms with Crippen LogP contribution in [0.2, 0.25) is 0 Å². The van der Waals surface area contributed by atoms with Gasteiger partial charge in [0.05, 0.1) is 11.3 Å². The Morgan fingerprint density at radius 2 is 2.00 bits per heavy atom. The van der Waals surface area contributed by atoms with E-state index in [1.807, 2.05) is 18.3 Å². The van der Waals surface area contributed by atoms with Crippen molar-refractivity contribution in [2.75, 3.05) is 43.0 Å². The molecule has 0 radical (unpaired) electrons. The number of carbonyl (C=O) groups is 1. The number of anilines is 2. The van der Waals surface area contributed by atoms with Crippen LogP contribution in [0.25, 0.3) is 0 Å². The first-order valence-corrected chi connectivity index (χ1v) is 11.4. The SMILES string of the molecule is CNC(=O)c1ccc(N2CCc3nc(N4CCN5C(C)CCCC5C4)ncc3C2)nc1. The van der Waals surface area contributed by atoms with Crippen molar-refractivity contribution in [2.45, 2.75) is 51.2 Å². The predicted molar refractivity (Wildman–Crippen MR) is 120 cm³/mol. The van der Waals surface area contributed by atoms with Gasteiger partial charge in [-0.2, -0.15) is 0 Å². The molecule has 5 heterocycles. The third-order valence-corrected chi connectivity index (χ3v) is 7.02. The molecule has 2 saturated heterocycles. The Balaban J connectivity index is 1.27. The van der Waals surface area contributed by atoms with Gasteiger partial charge in [-0.05, 0) is 31.9 Å². The van der Waals surface area contributed by atoms with Gasteiger partial charge in [-0.25, -0.2) is 15.0 Å². The first-order valence-electron chi connectivity index (χ1n) is 11.4. The Kier molecular flexibility index (Phi) is 5.48. The molecule has 3 aliphatic heterocycles. The van der Waals surface area contributed by atoms with Crippen molar-refractivity contribution in [1.82, 2.24) is 25.2 Å². The van der Waals surface area contributed by atoms with Gasteiger partial charge >= 0.3 is 0 Å². The fourth-order valence-electron chi connectivity index (χ4n) is 5.21. The van der Waals surface area contributed by atoms with E-state index >= 15 is 0 Å². The van der Waals surface area contributed by atoms with Crippen LogP contribution in [0.15, 0.2) is 24.5 Å². The Bertz CT molecular complexity index is 947. The molecule has 2 atom stereocenters. The van der Waals surface area contributed by atoms with E-state index in [0.29, 0.717) is 17.6 Å². The molecular formula is C23H31N7O. The normalized spacial score (nSPS) is 23.8. The molecule has 0 spiro atoms. The van der Waals surface area contributed by atoms with Gasteiger partial charge in [0, 0.05) is 76.2 Å². The summed E-state index contributed by atoms with van der Waals surface area (Å²) in [6.07, 6.45) is 8.45. The minimum absolute atomic E-state index is 0.118. The summed E-state index contributed by atoms with van der Waals surface area (Å²) in [7, 11) is 1.63. The van der Waals surface area contributed by atoms with E-state index in [1.165, 1.54) is 19.3 Å². The zero-order chi connectivity index (χ0) is 21.4. The standard InChI is InChI=1S/C23H31N7O/c1-16-4-3-5-19-15-29(10-11-30(16)19)23-26-13-18-14-28(9-8-20(18)27-23)21-7-6-17(12-25-21)22(31)24-2/h6-7,12-13,16,19H,3-5,8-11,14-15H2,1-2H3,(H,24,31). The highest BCUT2D eigenvalue weighted by Crippen LogP contribution is 2.28. The third kappa shape index (κ3) is 3.96. The van der Waals surface area contributed by atoms with Crippen molar-refractivity contribution in [3.8, 4) is 0 Å². The fraction of sp³-hybridized carbons (Fsp3) is 0.565. The molecule has 8 nitrogen and oxygen atoms in total. The number of nitrogens with zero attached hydrogens (tertiary/aromatic N) is 6. The molecule has 5 rings (SSSR count). The number of pyridine rings is 1. The van der Waals surface area contributed by atoms with E-state index in [2.05, 4.69) is 31.9 Å². The summed E-state index contributed by atoms with van der Waals surface area (Å²) < 4.78 is 0. The predicted octanol–water partition coefficient (Wildman–Crippen LogP) is 1.86. The molecule has 8 heteroatoms. The first-order chi connectivity index (χ1) is 15.1. The van der Waals surface area contributed by atoms with Gasteiger partial charge in [-0.3, -0.25) is 9.69 Å². The fourth-order valence-corrected chi connectivity index (χ4v) is 5.21. The van der Waals surface area contributed by atoms with Crippen LogP contribution in [0, 0.1) is 0 Å². The molecule has 2 aromatic heterocycles. The number of piperidine rings is 1. The summed E-state index contributed by atoms with van der Waals surface area (Å²) in [5, 5.41) is 2.63. The van der Waals surface area contributed by atoms with Gasteiger partial charge in [0.25, 0.3) is 5.91 Å². The summed E-state index contributed by atoms with van der Waals surface area (Å²) in [6, 6.07) is 5.07.